The van der Waals surface area contributed by atoms with Crippen LogP contribution < -0.4 is 9.62 Å². The maximum Gasteiger partial charge on any atom is 0.232 e. The standard InChI is InChI=1S/C20H32N2O3S/c1-16-11-12-17(2)19(14-16)22(26(3,24)25)13-7-10-20(23)21-15-18-8-5-4-6-9-18/h11-12,14,18H,4-10,13,15H2,1-3H3,(H,21,23). The van der Waals surface area contributed by atoms with Crippen LogP contribution in [-0.2, 0) is 14.8 Å². The van der Waals surface area contributed by atoms with Crippen molar-refractivity contribution in [2.75, 3.05) is 23.7 Å². The maximum absolute atomic E-state index is 12.2. The average Bonchev–Trinajstić information content (AvgIpc) is 2.59. The minimum Gasteiger partial charge on any atom is -0.356 e. The zero-order valence-electron chi connectivity index (χ0n) is 16.3. The first-order chi connectivity index (χ1) is 12.3. The van der Waals surface area contributed by atoms with Crippen molar-refractivity contribution < 1.29 is 13.2 Å². The third kappa shape index (κ3) is 6.31. The molecule has 1 aliphatic carbocycles. The van der Waals surface area contributed by atoms with E-state index in [4.69, 9.17) is 0 Å². The van der Waals surface area contributed by atoms with Crippen LogP contribution in [0.4, 0.5) is 5.69 Å². The summed E-state index contributed by atoms with van der Waals surface area (Å²) >= 11 is 0. The molecule has 1 saturated carbocycles. The highest BCUT2D eigenvalue weighted by molar-refractivity contribution is 7.92. The summed E-state index contributed by atoms with van der Waals surface area (Å²) in [4.78, 5) is 12.1. The number of amides is 1. The highest BCUT2D eigenvalue weighted by atomic mass is 32.2. The van der Waals surface area contributed by atoms with Gasteiger partial charge in [-0.1, -0.05) is 31.4 Å². The van der Waals surface area contributed by atoms with E-state index in [9.17, 15) is 13.2 Å². The molecule has 0 heterocycles. The number of hydrogen-bond donors (Lipinski definition) is 1. The predicted octanol–water partition coefficient (Wildman–Crippen LogP) is 3.55. The highest BCUT2D eigenvalue weighted by Gasteiger charge is 2.20. The summed E-state index contributed by atoms with van der Waals surface area (Å²) < 4.78 is 25.9. The number of sulfonamides is 1. The second kappa shape index (κ2) is 9.40. The molecule has 26 heavy (non-hydrogen) atoms. The van der Waals surface area contributed by atoms with Crippen LogP contribution >= 0.6 is 0 Å². The van der Waals surface area contributed by atoms with Crippen LogP contribution in [0.2, 0.25) is 0 Å². The Bertz CT molecular complexity index is 710. The zero-order valence-corrected chi connectivity index (χ0v) is 17.1. The van der Waals surface area contributed by atoms with E-state index in [0.717, 1.165) is 17.7 Å². The van der Waals surface area contributed by atoms with E-state index in [2.05, 4.69) is 5.32 Å². The Balaban J connectivity index is 1.87. The van der Waals surface area contributed by atoms with Crippen LogP contribution in [-0.4, -0.2) is 33.7 Å². The van der Waals surface area contributed by atoms with Gasteiger partial charge in [0.25, 0.3) is 0 Å². The molecule has 2 rings (SSSR count). The van der Waals surface area contributed by atoms with Crippen molar-refractivity contribution in [3.8, 4) is 0 Å². The van der Waals surface area contributed by atoms with E-state index in [0.29, 0.717) is 31.0 Å². The van der Waals surface area contributed by atoms with Gasteiger partial charge in [0.15, 0.2) is 0 Å². The van der Waals surface area contributed by atoms with E-state index >= 15 is 0 Å². The molecule has 0 spiro atoms. The number of nitrogens with one attached hydrogen (secondary N) is 1. The molecule has 1 aromatic carbocycles. The molecule has 146 valence electrons. The summed E-state index contributed by atoms with van der Waals surface area (Å²) in [5, 5.41) is 3.02. The third-order valence-corrected chi connectivity index (χ3v) is 6.29. The van der Waals surface area contributed by atoms with E-state index in [-0.39, 0.29) is 5.91 Å². The largest absolute Gasteiger partial charge is 0.356 e. The molecule has 0 aliphatic heterocycles. The van der Waals surface area contributed by atoms with E-state index < -0.39 is 10.0 Å². The number of rotatable bonds is 8. The predicted molar refractivity (Wildman–Crippen MR) is 107 cm³/mol. The Morgan fingerprint density at radius 2 is 1.88 bits per heavy atom. The fourth-order valence-electron chi connectivity index (χ4n) is 3.57. The lowest BCUT2D eigenvalue weighted by atomic mass is 9.89. The van der Waals surface area contributed by atoms with Crippen LogP contribution in [0.15, 0.2) is 18.2 Å². The van der Waals surface area contributed by atoms with Crippen molar-refractivity contribution in [2.24, 2.45) is 5.92 Å². The number of aryl methyl sites for hydroxylation is 2. The molecule has 0 unspecified atom stereocenters. The van der Waals surface area contributed by atoms with Gasteiger partial charge in [0.05, 0.1) is 11.9 Å². The van der Waals surface area contributed by atoms with Gasteiger partial charge in [0, 0.05) is 19.5 Å². The summed E-state index contributed by atoms with van der Waals surface area (Å²) in [6.45, 7) is 4.93. The first-order valence-corrected chi connectivity index (χ1v) is 11.4. The van der Waals surface area contributed by atoms with Crippen molar-refractivity contribution in [2.45, 2.75) is 58.8 Å². The van der Waals surface area contributed by atoms with E-state index in [1.807, 2.05) is 32.0 Å². The molecular formula is C20H32N2O3S. The monoisotopic (exact) mass is 380 g/mol. The van der Waals surface area contributed by atoms with Crippen molar-refractivity contribution in [1.29, 1.82) is 0 Å². The molecule has 1 aromatic rings. The molecule has 6 heteroatoms. The molecule has 1 aliphatic rings. The number of hydrogen-bond acceptors (Lipinski definition) is 3. The smallest absolute Gasteiger partial charge is 0.232 e. The average molecular weight is 381 g/mol. The molecule has 1 N–H and O–H groups in total. The second-order valence-electron chi connectivity index (χ2n) is 7.54. The molecule has 5 nitrogen and oxygen atoms in total. The first-order valence-electron chi connectivity index (χ1n) is 9.59. The molecule has 0 bridgehead atoms. The molecule has 0 aromatic heterocycles. The van der Waals surface area contributed by atoms with Crippen LogP contribution in [0, 0.1) is 19.8 Å². The van der Waals surface area contributed by atoms with Crippen molar-refractivity contribution in [3.63, 3.8) is 0 Å². The summed E-state index contributed by atoms with van der Waals surface area (Å²) in [6, 6.07) is 5.79. The van der Waals surface area contributed by atoms with Crippen molar-refractivity contribution >= 4 is 21.6 Å². The quantitative estimate of drug-likeness (QED) is 0.750. The van der Waals surface area contributed by atoms with E-state index in [1.54, 1.807) is 0 Å². The van der Waals surface area contributed by atoms with Crippen LogP contribution in [0.1, 0.15) is 56.1 Å². The summed E-state index contributed by atoms with van der Waals surface area (Å²) in [5.41, 5.74) is 2.64. The molecule has 0 atom stereocenters. The lowest BCUT2D eigenvalue weighted by Gasteiger charge is -2.25. The molecule has 1 fully saturated rings. The van der Waals surface area contributed by atoms with Crippen LogP contribution in [0.3, 0.4) is 0 Å². The van der Waals surface area contributed by atoms with Crippen LogP contribution in [0.25, 0.3) is 0 Å². The first kappa shape index (κ1) is 20.7. The Kier molecular flexibility index (Phi) is 7.50. The molecular weight excluding hydrogens is 348 g/mol. The summed E-state index contributed by atoms with van der Waals surface area (Å²) in [5.74, 6) is 0.625. The van der Waals surface area contributed by atoms with Gasteiger partial charge < -0.3 is 5.32 Å². The normalized spacial score (nSPS) is 15.7. The fourth-order valence-corrected chi connectivity index (χ4v) is 4.59. The Hall–Kier alpha value is -1.56. The summed E-state index contributed by atoms with van der Waals surface area (Å²) in [7, 11) is -3.38. The second-order valence-corrected chi connectivity index (χ2v) is 9.44. The topological polar surface area (TPSA) is 66.5 Å². The minimum atomic E-state index is -3.38. The van der Waals surface area contributed by atoms with Gasteiger partial charge in [-0.05, 0) is 56.2 Å². The van der Waals surface area contributed by atoms with Gasteiger partial charge in [-0.15, -0.1) is 0 Å². The van der Waals surface area contributed by atoms with Gasteiger partial charge in [-0.2, -0.15) is 0 Å². The molecule has 0 radical (unpaired) electrons. The number of anilines is 1. The number of carbonyl (C=O) groups is 1. The Morgan fingerprint density at radius 3 is 2.54 bits per heavy atom. The van der Waals surface area contributed by atoms with Gasteiger partial charge in [0.1, 0.15) is 0 Å². The SMILES string of the molecule is Cc1ccc(C)c(N(CCCC(=O)NCC2CCCCC2)S(C)(=O)=O)c1. The lowest BCUT2D eigenvalue weighted by molar-refractivity contribution is -0.121. The fraction of sp³-hybridized carbons (Fsp3) is 0.650. The maximum atomic E-state index is 12.2. The lowest BCUT2D eigenvalue weighted by Crippen LogP contribution is -2.33. The Morgan fingerprint density at radius 1 is 1.19 bits per heavy atom. The van der Waals surface area contributed by atoms with Gasteiger partial charge in [-0.25, -0.2) is 8.42 Å². The molecule has 1 amide bonds. The van der Waals surface area contributed by atoms with E-state index in [1.165, 1.54) is 42.7 Å². The van der Waals surface area contributed by atoms with Crippen molar-refractivity contribution in [3.05, 3.63) is 29.3 Å². The number of nitrogens with zero attached hydrogens (tertiary/aromatic N) is 1. The van der Waals surface area contributed by atoms with Gasteiger partial charge >= 0.3 is 0 Å². The number of benzene rings is 1. The van der Waals surface area contributed by atoms with Crippen LogP contribution in [0.5, 0.6) is 0 Å². The van der Waals surface area contributed by atoms with Gasteiger partial charge in [0.2, 0.25) is 15.9 Å². The molecule has 0 saturated heterocycles. The highest BCUT2D eigenvalue weighted by Crippen LogP contribution is 2.25. The number of carbonyl (C=O) groups excluding carboxylic acids is 1. The minimum absolute atomic E-state index is 0.0185. The third-order valence-electron chi connectivity index (χ3n) is 5.11. The zero-order chi connectivity index (χ0) is 19.2. The van der Waals surface area contributed by atoms with Crippen molar-refractivity contribution in [1.82, 2.24) is 5.32 Å². The van der Waals surface area contributed by atoms with Gasteiger partial charge in [-0.3, -0.25) is 9.10 Å². The Labute approximate surface area is 158 Å². The summed E-state index contributed by atoms with van der Waals surface area (Å²) in [6.07, 6.45) is 8.32.